The summed E-state index contributed by atoms with van der Waals surface area (Å²) in [5.41, 5.74) is 9.55. The molecule has 1 nitrogen and oxygen atoms in total. The molecular weight excluding hydrogens is 274 g/mol. The van der Waals surface area contributed by atoms with Gasteiger partial charge in [0.05, 0.1) is 5.54 Å². The van der Waals surface area contributed by atoms with Crippen molar-refractivity contribution >= 4 is 15.9 Å². The average molecular weight is 290 g/mol. The van der Waals surface area contributed by atoms with Crippen LogP contribution in [0.5, 0.6) is 0 Å². The van der Waals surface area contributed by atoms with E-state index >= 15 is 0 Å². The molecule has 1 atom stereocenters. The minimum Gasteiger partial charge on any atom is -0.318 e. The van der Waals surface area contributed by atoms with Crippen LogP contribution < -0.4 is 5.73 Å². The first-order valence-electron chi connectivity index (χ1n) is 5.63. The van der Waals surface area contributed by atoms with Crippen molar-refractivity contribution < 1.29 is 0 Å². The highest BCUT2D eigenvalue weighted by Gasteiger charge is 2.24. The maximum Gasteiger partial charge on any atom is 0.0639 e. The third kappa shape index (κ3) is 2.43. The smallest absolute Gasteiger partial charge is 0.0639 e. The number of rotatable bonds is 2. The van der Waals surface area contributed by atoms with Gasteiger partial charge in [-0.15, -0.1) is 0 Å². The van der Waals surface area contributed by atoms with E-state index in [9.17, 15) is 0 Å². The van der Waals surface area contributed by atoms with Crippen molar-refractivity contribution in [2.24, 2.45) is 5.73 Å². The van der Waals surface area contributed by atoms with Crippen molar-refractivity contribution in [3.05, 3.63) is 69.7 Å². The molecule has 0 heterocycles. The molecule has 0 saturated heterocycles. The summed E-state index contributed by atoms with van der Waals surface area (Å²) in [6, 6.07) is 16.4. The van der Waals surface area contributed by atoms with Gasteiger partial charge in [0.1, 0.15) is 0 Å². The lowest BCUT2D eigenvalue weighted by molar-refractivity contribution is 0.599. The van der Waals surface area contributed by atoms with Crippen molar-refractivity contribution in [3.8, 4) is 0 Å². The van der Waals surface area contributed by atoms with E-state index in [0.29, 0.717) is 0 Å². The quantitative estimate of drug-likeness (QED) is 0.889. The lowest BCUT2D eigenvalue weighted by Crippen LogP contribution is -2.35. The molecule has 2 heteroatoms. The van der Waals surface area contributed by atoms with Gasteiger partial charge >= 0.3 is 0 Å². The van der Waals surface area contributed by atoms with Gasteiger partial charge in [-0.25, -0.2) is 0 Å². The summed E-state index contributed by atoms with van der Waals surface area (Å²) in [6.45, 7) is 4.15. The summed E-state index contributed by atoms with van der Waals surface area (Å²) in [5, 5.41) is 0. The Kier molecular flexibility index (Phi) is 3.36. The Morgan fingerprint density at radius 1 is 1.00 bits per heavy atom. The highest BCUT2D eigenvalue weighted by atomic mass is 79.9. The second-order valence-corrected chi connectivity index (χ2v) is 5.44. The Morgan fingerprint density at radius 3 is 2.18 bits per heavy atom. The summed E-state index contributed by atoms with van der Waals surface area (Å²) < 4.78 is 1.07. The van der Waals surface area contributed by atoms with Crippen LogP contribution in [0.25, 0.3) is 0 Å². The predicted octanol–water partition coefficient (Wildman–Crippen LogP) is 3.98. The Balaban J connectivity index is 2.49. The topological polar surface area (TPSA) is 26.0 Å². The maximum atomic E-state index is 6.49. The Morgan fingerprint density at radius 2 is 1.59 bits per heavy atom. The summed E-state index contributed by atoms with van der Waals surface area (Å²) in [7, 11) is 0. The van der Waals surface area contributed by atoms with E-state index in [1.54, 1.807) is 0 Å². The third-order valence-corrected chi connectivity index (χ3v) is 3.68. The molecule has 2 aromatic carbocycles. The van der Waals surface area contributed by atoms with E-state index in [4.69, 9.17) is 5.73 Å². The number of benzene rings is 2. The van der Waals surface area contributed by atoms with E-state index in [1.165, 1.54) is 11.1 Å². The van der Waals surface area contributed by atoms with Gasteiger partial charge in [-0.2, -0.15) is 0 Å². The standard InChI is InChI=1S/C15H16BrN/c1-11-5-3-4-6-14(11)15(2,17)12-7-9-13(16)10-8-12/h3-10H,17H2,1-2H3. The number of nitrogens with two attached hydrogens (primary N) is 1. The van der Waals surface area contributed by atoms with E-state index < -0.39 is 5.54 Å². The fraction of sp³-hybridized carbons (Fsp3) is 0.200. The first-order valence-corrected chi connectivity index (χ1v) is 6.42. The Labute approximate surface area is 111 Å². The summed E-state index contributed by atoms with van der Waals surface area (Å²) in [5.74, 6) is 0. The van der Waals surface area contributed by atoms with Crippen LogP contribution in [0.3, 0.4) is 0 Å². The number of aryl methyl sites for hydroxylation is 1. The monoisotopic (exact) mass is 289 g/mol. The van der Waals surface area contributed by atoms with E-state index in [2.05, 4.69) is 54.0 Å². The zero-order valence-corrected chi connectivity index (χ0v) is 11.7. The van der Waals surface area contributed by atoms with Crippen molar-refractivity contribution in [1.29, 1.82) is 0 Å². The minimum atomic E-state index is -0.452. The number of halogens is 1. The molecule has 17 heavy (non-hydrogen) atoms. The summed E-state index contributed by atoms with van der Waals surface area (Å²) >= 11 is 3.44. The van der Waals surface area contributed by atoms with Crippen LogP contribution in [0.2, 0.25) is 0 Å². The molecule has 2 rings (SSSR count). The van der Waals surface area contributed by atoms with E-state index in [0.717, 1.165) is 10.0 Å². The van der Waals surface area contributed by atoms with Crippen LogP contribution in [0.15, 0.2) is 53.0 Å². The van der Waals surface area contributed by atoms with Crippen LogP contribution in [0, 0.1) is 6.92 Å². The molecular formula is C15H16BrN. The Hall–Kier alpha value is -1.12. The molecule has 88 valence electrons. The first kappa shape index (κ1) is 12.3. The summed E-state index contributed by atoms with van der Waals surface area (Å²) in [6.07, 6.45) is 0. The van der Waals surface area contributed by atoms with Crippen LogP contribution in [0.1, 0.15) is 23.6 Å². The normalized spacial score (nSPS) is 14.4. The van der Waals surface area contributed by atoms with Gasteiger partial charge in [0, 0.05) is 4.47 Å². The van der Waals surface area contributed by atoms with Crippen molar-refractivity contribution in [3.63, 3.8) is 0 Å². The van der Waals surface area contributed by atoms with Crippen LogP contribution in [-0.4, -0.2) is 0 Å². The van der Waals surface area contributed by atoms with Gasteiger partial charge in [0.15, 0.2) is 0 Å². The predicted molar refractivity (Wildman–Crippen MR) is 76.0 cm³/mol. The second kappa shape index (κ2) is 4.63. The summed E-state index contributed by atoms with van der Waals surface area (Å²) in [4.78, 5) is 0. The Bertz CT molecular complexity index is 515. The van der Waals surface area contributed by atoms with Crippen LogP contribution in [0.4, 0.5) is 0 Å². The van der Waals surface area contributed by atoms with Crippen molar-refractivity contribution in [2.45, 2.75) is 19.4 Å². The largest absolute Gasteiger partial charge is 0.318 e. The molecule has 0 radical (unpaired) electrons. The molecule has 0 spiro atoms. The minimum absolute atomic E-state index is 0.452. The molecule has 0 saturated carbocycles. The molecule has 1 unspecified atom stereocenters. The molecule has 0 amide bonds. The second-order valence-electron chi connectivity index (χ2n) is 4.52. The van der Waals surface area contributed by atoms with Gasteiger partial charge < -0.3 is 5.73 Å². The molecule has 2 N–H and O–H groups in total. The van der Waals surface area contributed by atoms with Gasteiger partial charge in [-0.3, -0.25) is 0 Å². The third-order valence-electron chi connectivity index (χ3n) is 3.15. The molecule has 0 aliphatic carbocycles. The molecule has 0 bridgehead atoms. The van der Waals surface area contributed by atoms with Crippen LogP contribution >= 0.6 is 15.9 Å². The average Bonchev–Trinajstić information content (AvgIpc) is 2.30. The number of hydrogen-bond acceptors (Lipinski definition) is 1. The fourth-order valence-electron chi connectivity index (χ4n) is 2.11. The lowest BCUT2D eigenvalue weighted by Gasteiger charge is -2.27. The molecule has 0 aromatic heterocycles. The van der Waals surface area contributed by atoms with Gasteiger partial charge in [-0.1, -0.05) is 52.3 Å². The zero-order chi connectivity index (χ0) is 12.5. The highest BCUT2D eigenvalue weighted by molar-refractivity contribution is 9.10. The van der Waals surface area contributed by atoms with Gasteiger partial charge in [0.25, 0.3) is 0 Å². The zero-order valence-electron chi connectivity index (χ0n) is 10.1. The molecule has 0 aliphatic heterocycles. The highest BCUT2D eigenvalue weighted by Crippen LogP contribution is 2.29. The van der Waals surface area contributed by atoms with E-state index in [1.807, 2.05) is 24.3 Å². The van der Waals surface area contributed by atoms with Crippen molar-refractivity contribution in [2.75, 3.05) is 0 Å². The van der Waals surface area contributed by atoms with E-state index in [-0.39, 0.29) is 0 Å². The molecule has 0 fully saturated rings. The maximum absolute atomic E-state index is 6.49. The number of hydrogen-bond donors (Lipinski definition) is 1. The first-order chi connectivity index (χ1) is 8.01. The molecule has 2 aromatic rings. The molecule has 0 aliphatic rings. The van der Waals surface area contributed by atoms with Gasteiger partial charge in [0.2, 0.25) is 0 Å². The van der Waals surface area contributed by atoms with Crippen LogP contribution in [-0.2, 0) is 5.54 Å². The van der Waals surface area contributed by atoms with Crippen molar-refractivity contribution in [1.82, 2.24) is 0 Å². The SMILES string of the molecule is Cc1ccccc1C(C)(N)c1ccc(Br)cc1. The van der Waals surface area contributed by atoms with Gasteiger partial charge in [-0.05, 0) is 42.7 Å². The lowest BCUT2D eigenvalue weighted by atomic mass is 9.83. The fourth-order valence-corrected chi connectivity index (χ4v) is 2.37.